The molecule has 0 aliphatic carbocycles. The number of nitrogens with zero attached hydrogens (tertiary/aromatic N) is 2. The summed E-state index contributed by atoms with van der Waals surface area (Å²) in [6.45, 7) is 3.23. The van der Waals surface area contributed by atoms with E-state index in [1.54, 1.807) is 7.11 Å². The second-order valence-corrected chi connectivity index (χ2v) is 9.08. The number of ether oxygens (including phenoxy) is 4. The van der Waals surface area contributed by atoms with E-state index in [0.29, 0.717) is 35.6 Å². The van der Waals surface area contributed by atoms with E-state index in [1.165, 1.54) is 6.33 Å². The Kier molecular flexibility index (Phi) is 5.42. The van der Waals surface area contributed by atoms with Gasteiger partial charge in [0.25, 0.3) is 0 Å². The Morgan fingerprint density at radius 2 is 2.10 bits per heavy atom. The number of hydrogen-bond donors (Lipinski definition) is 1. The van der Waals surface area contributed by atoms with Crippen LogP contribution in [0.4, 0.5) is 11.5 Å². The van der Waals surface area contributed by atoms with E-state index in [4.69, 9.17) is 30.5 Å². The lowest BCUT2D eigenvalue weighted by Gasteiger charge is -2.24. The van der Waals surface area contributed by atoms with Gasteiger partial charge in [-0.3, -0.25) is 0 Å². The van der Waals surface area contributed by atoms with Gasteiger partial charge < -0.3 is 24.3 Å². The summed E-state index contributed by atoms with van der Waals surface area (Å²) in [7, 11) is 1.61. The molecule has 3 heterocycles. The van der Waals surface area contributed by atoms with E-state index in [0.717, 1.165) is 27.5 Å². The van der Waals surface area contributed by atoms with E-state index >= 15 is 0 Å². The first-order valence-electron chi connectivity index (χ1n) is 9.94. The smallest absolute Gasteiger partial charge is 0.164 e. The standard InChI is InChI=1S/C22H21BrClN3O4/c1-22-5-6-29-20(22)19(10-30-22)31-18-9-16-13(8-17(18)28-2)21(26-11-25-16)27-12-3-4-14(23)15(24)7-12/h3-4,7-9,11,19-20H,5-6,10H2,1-2H3,(H,25,26,27)/t19-,20+,22+/m1/s1. The van der Waals surface area contributed by atoms with Crippen molar-refractivity contribution in [2.24, 2.45) is 0 Å². The Bertz CT molecular complexity index is 1150. The highest BCUT2D eigenvalue weighted by Crippen LogP contribution is 2.41. The molecule has 2 aliphatic rings. The highest BCUT2D eigenvalue weighted by molar-refractivity contribution is 9.10. The number of methoxy groups -OCH3 is 1. The average molecular weight is 507 g/mol. The zero-order valence-corrected chi connectivity index (χ0v) is 19.4. The van der Waals surface area contributed by atoms with Gasteiger partial charge in [0, 0.05) is 28.0 Å². The van der Waals surface area contributed by atoms with Crippen LogP contribution in [0.5, 0.6) is 11.5 Å². The Balaban J connectivity index is 1.47. The fourth-order valence-corrected chi connectivity index (χ4v) is 4.53. The summed E-state index contributed by atoms with van der Waals surface area (Å²) in [5.74, 6) is 1.83. The van der Waals surface area contributed by atoms with Crippen molar-refractivity contribution < 1.29 is 18.9 Å². The lowest BCUT2D eigenvalue weighted by atomic mass is 9.97. The number of rotatable bonds is 5. The van der Waals surface area contributed by atoms with Crippen LogP contribution in [-0.2, 0) is 9.47 Å². The molecule has 5 rings (SSSR count). The van der Waals surface area contributed by atoms with Crippen LogP contribution in [-0.4, -0.2) is 48.1 Å². The van der Waals surface area contributed by atoms with Crippen molar-refractivity contribution in [2.45, 2.75) is 31.2 Å². The summed E-state index contributed by atoms with van der Waals surface area (Å²) in [4.78, 5) is 8.83. The van der Waals surface area contributed by atoms with E-state index in [2.05, 4.69) is 38.1 Å². The number of benzene rings is 2. The summed E-state index contributed by atoms with van der Waals surface area (Å²) in [5, 5.41) is 4.71. The third-order valence-corrected chi connectivity index (χ3v) is 7.03. The van der Waals surface area contributed by atoms with Crippen LogP contribution >= 0.6 is 27.5 Å². The predicted octanol–water partition coefficient (Wildman–Crippen LogP) is 5.12. The van der Waals surface area contributed by atoms with E-state index < -0.39 is 0 Å². The zero-order valence-electron chi connectivity index (χ0n) is 17.0. The third kappa shape index (κ3) is 3.82. The minimum absolute atomic E-state index is 0.0994. The minimum atomic E-state index is -0.292. The second kappa shape index (κ2) is 8.09. The molecule has 2 fully saturated rings. The van der Waals surface area contributed by atoms with Gasteiger partial charge in [-0.1, -0.05) is 11.6 Å². The van der Waals surface area contributed by atoms with Crippen molar-refractivity contribution in [2.75, 3.05) is 25.6 Å². The summed E-state index contributed by atoms with van der Waals surface area (Å²) < 4.78 is 24.6. The van der Waals surface area contributed by atoms with Crippen molar-refractivity contribution >= 4 is 49.9 Å². The lowest BCUT2D eigenvalue weighted by Crippen LogP contribution is -2.38. The van der Waals surface area contributed by atoms with Gasteiger partial charge in [-0.05, 0) is 47.1 Å². The van der Waals surface area contributed by atoms with Gasteiger partial charge in [0.15, 0.2) is 17.6 Å². The molecule has 31 heavy (non-hydrogen) atoms. The SMILES string of the molecule is COc1cc2c(Nc3ccc(Br)c(Cl)c3)ncnc2cc1O[C@@H]1CO[C@@]2(C)CCO[C@@H]12. The number of fused-ring (bicyclic) bond motifs is 2. The third-order valence-electron chi connectivity index (χ3n) is 5.79. The molecule has 0 saturated carbocycles. The summed E-state index contributed by atoms with van der Waals surface area (Å²) in [6.07, 6.45) is 2.08. The van der Waals surface area contributed by atoms with Crippen LogP contribution in [0.1, 0.15) is 13.3 Å². The fourth-order valence-electron chi connectivity index (χ4n) is 4.11. The predicted molar refractivity (Wildman–Crippen MR) is 122 cm³/mol. The van der Waals surface area contributed by atoms with Crippen LogP contribution in [0, 0.1) is 0 Å². The normalized spacial score (nSPS) is 24.9. The van der Waals surface area contributed by atoms with Gasteiger partial charge in [-0.25, -0.2) is 9.97 Å². The molecule has 3 atom stereocenters. The number of halogens is 2. The molecular weight excluding hydrogens is 486 g/mol. The van der Waals surface area contributed by atoms with Crippen LogP contribution < -0.4 is 14.8 Å². The maximum atomic E-state index is 6.29. The van der Waals surface area contributed by atoms with Crippen LogP contribution in [0.2, 0.25) is 5.02 Å². The van der Waals surface area contributed by atoms with Crippen LogP contribution in [0.3, 0.4) is 0 Å². The number of anilines is 2. The van der Waals surface area contributed by atoms with Gasteiger partial charge >= 0.3 is 0 Å². The van der Waals surface area contributed by atoms with Gasteiger partial charge in [0.2, 0.25) is 0 Å². The average Bonchev–Trinajstić information content (AvgIpc) is 3.28. The molecule has 0 unspecified atom stereocenters. The molecule has 1 aromatic heterocycles. The van der Waals surface area contributed by atoms with Gasteiger partial charge in [-0.2, -0.15) is 0 Å². The molecule has 0 amide bonds. The lowest BCUT2D eigenvalue weighted by molar-refractivity contribution is -0.0120. The summed E-state index contributed by atoms with van der Waals surface area (Å²) >= 11 is 9.62. The summed E-state index contributed by atoms with van der Waals surface area (Å²) in [5.41, 5.74) is 1.25. The second-order valence-electron chi connectivity index (χ2n) is 7.82. The highest BCUT2D eigenvalue weighted by Gasteiger charge is 2.52. The quantitative estimate of drug-likeness (QED) is 0.514. The molecule has 9 heteroatoms. The Morgan fingerprint density at radius 1 is 1.23 bits per heavy atom. The Morgan fingerprint density at radius 3 is 2.90 bits per heavy atom. The molecule has 2 aliphatic heterocycles. The number of nitrogens with one attached hydrogen (secondary N) is 1. The molecular formula is C22H21BrClN3O4. The van der Waals surface area contributed by atoms with Crippen molar-refractivity contribution in [3.63, 3.8) is 0 Å². The first kappa shape index (κ1) is 20.8. The molecule has 3 aromatic rings. The Hall–Kier alpha value is -2.13. The monoisotopic (exact) mass is 505 g/mol. The van der Waals surface area contributed by atoms with E-state index in [1.807, 2.05) is 30.3 Å². The largest absolute Gasteiger partial charge is 0.493 e. The molecule has 0 spiro atoms. The summed E-state index contributed by atoms with van der Waals surface area (Å²) in [6, 6.07) is 9.35. The van der Waals surface area contributed by atoms with Gasteiger partial charge in [0.1, 0.15) is 18.2 Å². The first-order valence-corrected chi connectivity index (χ1v) is 11.1. The van der Waals surface area contributed by atoms with E-state index in [-0.39, 0.29) is 17.8 Å². The molecule has 0 radical (unpaired) electrons. The molecule has 1 N–H and O–H groups in total. The van der Waals surface area contributed by atoms with Crippen molar-refractivity contribution in [3.8, 4) is 11.5 Å². The number of aromatic nitrogens is 2. The van der Waals surface area contributed by atoms with Gasteiger partial charge in [-0.15, -0.1) is 0 Å². The van der Waals surface area contributed by atoms with E-state index in [9.17, 15) is 0 Å². The molecule has 7 nitrogen and oxygen atoms in total. The maximum absolute atomic E-state index is 6.29. The first-order chi connectivity index (χ1) is 15.0. The molecule has 162 valence electrons. The minimum Gasteiger partial charge on any atom is -0.493 e. The topological polar surface area (TPSA) is 74.7 Å². The highest BCUT2D eigenvalue weighted by atomic mass is 79.9. The fraction of sp³-hybridized carbons (Fsp3) is 0.364. The zero-order chi connectivity index (χ0) is 21.6. The number of hydrogen-bond acceptors (Lipinski definition) is 7. The molecule has 2 saturated heterocycles. The van der Waals surface area contributed by atoms with Crippen LogP contribution in [0.15, 0.2) is 41.1 Å². The maximum Gasteiger partial charge on any atom is 0.164 e. The van der Waals surface area contributed by atoms with Crippen LogP contribution in [0.25, 0.3) is 10.9 Å². The van der Waals surface area contributed by atoms with Crippen molar-refractivity contribution in [3.05, 3.63) is 46.2 Å². The Labute approximate surface area is 193 Å². The molecule has 0 bridgehead atoms. The van der Waals surface area contributed by atoms with Crippen molar-refractivity contribution in [1.82, 2.24) is 9.97 Å². The van der Waals surface area contributed by atoms with Crippen molar-refractivity contribution in [1.29, 1.82) is 0 Å². The molecule has 2 aromatic carbocycles. The van der Waals surface area contributed by atoms with Gasteiger partial charge in [0.05, 0.1) is 36.5 Å².